The highest BCUT2D eigenvalue weighted by Crippen LogP contribution is 2.28. The third kappa shape index (κ3) is 7.72. The molecule has 0 aliphatic rings. The Labute approximate surface area is 203 Å². The Bertz CT molecular complexity index is 1120. The molecule has 0 aliphatic carbocycles. The van der Waals surface area contributed by atoms with E-state index in [-0.39, 0.29) is 5.69 Å². The van der Waals surface area contributed by atoms with E-state index in [9.17, 15) is 10.1 Å². The molecule has 6 nitrogen and oxygen atoms in total. The number of aromatic nitrogens is 2. The van der Waals surface area contributed by atoms with Gasteiger partial charge < -0.3 is 5.73 Å². The lowest BCUT2D eigenvalue weighted by Crippen LogP contribution is -1.89. The second kappa shape index (κ2) is 11.7. The van der Waals surface area contributed by atoms with Gasteiger partial charge in [0.05, 0.1) is 16.8 Å². The summed E-state index contributed by atoms with van der Waals surface area (Å²) in [6, 6.07) is 21.8. The average molecular weight is 503 g/mol. The normalized spacial score (nSPS) is 10.2. The first-order chi connectivity index (χ1) is 15.4. The summed E-state index contributed by atoms with van der Waals surface area (Å²) in [5.41, 5.74) is 6.22. The second-order valence-corrected chi connectivity index (χ2v) is 9.21. The van der Waals surface area contributed by atoms with E-state index < -0.39 is 4.92 Å². The number of nitro groups is 1. The molecule has 4 rings (SSSR count). The van der Waals surface area contributed by atoms with Crippen LogP contribution in [-0.2, 0) is 0 Å². The van der Waals surface area contributed by atoms with E-state index in [0.717, 1.165) is 19.8 Å². The first-order valence-corrected chi connectivity index (χ1v) is 11.5. The molecule has 2 heterocycles. The van der Waals surface area contributed by atoms with Crippen molar-refractivity contribution in [3.05, 3.63) is 105 Å². The maximum absolute atomic E-state index is 10.5. The van der Waals surface area contributed by atoms with Crippen molar-refractivity contribution in [1.82, 2.24) is 9.97 Å². The van der Waals surface area contributed by atoms with Gasteiger partial charge in [0.15, 0.2) is 0 Å². The standard InChI is InChI=1S/C11H7ClN2O2S.C11H9ClN2S/c12-8-1-4-10(5-2-8)17-11-6-3-9(7-13-11)14(15)16;12-8-1-4-10(5-2-8)15-11-6-3-9(13)7-14-11/h1-7H;1-7H,13H2. The van der Waals surface area contributed by atoms with Crippen molar-refractivity contribution in [3.8, 4) is 0 Å². The van der Waals surface area contributed by atoms with Gasteiger partial charge in [-0.1, -0.05) is 46.7 Å². The fourth-order valence-electron chi connectivity index (χ4n) is 2.24. The number of nitrogens with two attached hydrogens (primary N) is 1. The van der Waals surface area contributed by atoms with Gasteiger partial charge in [-0.3, -0.25) is 10.1 Å². The Balaban J connectivity index is 0.000000182. The largest absolute Gasteiger partial charge is 0.397 e. The number of halogens is 2. The quantitative estimate of drug-likeness (QED) is 0.226. The fraction of sp³-hybridized carbons (Fsp3) is 0. The number of benzene rings is 2. The molecule has 10 heteroatoms. The third-order valence-electron chi connectivity index (χ3n) is 3.76. The zero-order valence-corrected chi connectivity index (χ0v) is 19.5. The minimum atomic E-state index is -0.469. The summed E-state index contributed by atoms with van der Waals surface area (Å²) in [4.78, 5) is 20.3. The molecule has 2 aromatic carbocycles. The Kier molecular flexibility index (Phi) is 8.75. The predicted molar refractivity (Wildman–Crippen MR) is 131 cm³/mol. The molecule has 0 spiro atoms. The lowest BCUT2D eigenvalue weighted by atomic mass is 10.4. The van der Waals surface area contributed by atoms with Gasteiger partial charge in [0.25, 0.3) is 5.69 Å². The molecule has 0 bridgehead atoms. The summed E-state index contributed by atoms with van der Waals surface area (Å²) >= 11 is 14.6. The SMILES string of the molecule is Nc1ccc(Sc2ccc(Cl)cc2)nc1.O=[N+]([O-])c1ccc(Sc2ccc(Cl)cc2)nc1. The molecule has 0 atom stereocenters. The molecule has 2 aromatic heterocycles. The van der Waals surface area contributed by atoms with Crippen LogP contribution in [0.5, 0.6) is 0 Å². The molecular formula is C22H16Cl2N4O2S2. The van der Waals surface area contributed by atoms with Gasteiger partial charge in [0.1, 0.15) is 16.2 Å². The third-order valence-corrected chi connectivity index (χ3v) is 6.18. The number of nitrogens with zero attached hydrogens (tertiary/aromatic N) is 3. The maximum atomic E-state index is 10.5. The molecule has 0 aliphatic heterocycles. The van der Waals surface area contributed by atoms with Crippen LogP contribution in [0.3, 0.4) is 0 Å². The van der Waals surface area contributed by atoms with Crippen LogP contribution in [0, 0.1) is 10.1 Å². The van der Waals surface area contributed by atoms with Gasteiger partial charge in [0.2, 0.25) is 0 Å². The maximum Gasteiger partial charge on any atom is 0.287 e. The first-order valence-electron chi connectivity index (χ1n) is 9.08. The minimum absolute atomic E-state index is 0.00884. The zero-order valence-electron chi connectivity index (χ0n) is 16.4. The van der Waals surface area contributed by atoms with Gasteiger partial charge in [0, 0.05) is 25.9 Å². The van der Waals surface area contributed by atoms with E-state index >= 15 is 0 Å². The van der Waals surface area contributed by atoms with Crippen LogP contribution >= 0.6 is 46.7 Å². The highest BCUT2D eigenvalue weighted by molar-refractivity contribution is 7.99. The van der Waals surface area contributed by atoms with E-state index in [0.29, 0.717) is 15.7 Å². The smallest absolute Gasteiger partial charge is 0.287 e. The summed E-state index contributed by atoms with van der Waals surface area (Å²) in [7, 11) is 0. The van der Waals surface area contributed by atoms with E-state index in [4.69, 9.17) is 28.9 Å². The molecular weight excluding hydrogens is 487 g/mol. The van der Waals surface area contributed by atoms with Crippen LogP contribution in [0.1, 0.15) is 0 Å². The van der Waals surface area contributed by atoms with Gasteiger partial charge >= 0.3 is 0 Å². The van der Waals surface area contributed by atoms with Crippen LogP contribution in [-0.4, -0.2) is 14.9 Å². The summed E-state index contributed by atoms with van der Waals surface area (Å²) in [6.07, 6.45) is 2.90. The van der Waals surface area contributed by atoms with E-state index in [1.54, 1.807) is 36.2 Å². The summed E-state index contributed by atoms with van der Waals surface area (Å²) in [5, 5.41) is 13.5. The topological polar surface area (TPSA) is 94.9 Å². The minimum Gasteiger partial charge on any atom is -0.397 e. The van der Waals surface area contributed by atoms with Crippen LogP contribution in [0.25, 0.3) is 0 Å². The number of rotatable bonds is 5. The predicted octanol–water partition coefficient (Wildman–Crippen LogP) is 7.26. The average Bonchev–Trinajstić information content (AvgIpc) is 2.79. The summed E-state index contributed by atoms with van der Waals surface area (Å²) in [5.74, 6) is 0. The van der Waals surface area contributed by atoms with Gasteiger partial charge in [-0.25, -0.2) is 9.97 Å². The Morgan fingerprint density at radius 2 is 1.19 bits per heavy atom. The van der Waals surface area contributed by atoms with Crippen molar-refractivity contribution in [1.29, 1.82) is 0 Å². The van der Waals surface area contributed by atoms with Crippen molar-refractivity contribution in [3.63, 3.8) is 0 Å². The molecule has 4 aromatic rings. The molecule has 0 amide bonds. The van der Waals surface area contributed by atoms with Crippen molar-refractivity contribution in [2.45, 2.75) is 19.8 Å². The fourth-order valence-corrected chi connectivity index (χ4v) is 4.00. The molecule has 2 N–H and O–H groups in total. The van der Waals surface area contributed by atoms with Crippen molar-refractivity contribution >= 4 is 58.1 Å². The van der Waals surface area contributed by atoms with E-state index in [1.165, 1.54) is 24.0 Å². The van der Waals surface area contributed by atoms with Crippen molar-refractivity contribution in [2.75, 3.05) is 5.73 Å². The van der Waals surface area contributed by atoms with E-state index in [1.807, 2.05) is 48.5 Å². The van der Waals surface area contributed by atoms with Crippen LogP contribution in [0.4, 0.5) is 11.4 Å². The molecule has 32 heavy (non-hydrogen) atoms. The molecule has 0 radical (unpaired) electrons. The lowest BCUT2D eigenvalue weighted by molar-refractivity contribution is -0.385. The number of pyridine rings is 2. The monoisotopic (exact) mass is 502 g/mol. The zero-order chi connectivity index (χ0) is 22.9. The number of nitrogen functional groups attached to an aromatic ring is 1. The van der Waals surface area contributed by atoms with Crippen molar-refractivity contribution in [2.24, 2.45) is 0 Å². The van der Waals surface area contributed by atoms with Crippen LogP contribution < -0.4 is 5.73 Å². The van der Waals surface area contributed by atoms with Crippen LogP contribution in [0.2, 0.25) is 10.0 Å². The number of hydrogen-bond acceptors (Lipinski definition) is 7. The highest BCUT2D eigenvalue weighted by atomic mass is 35.5. The Morgan fingerprint density at radius 1 is 0.719 bits per heavy atom. The van der Waals surface area contributed by atoms with Gasteiger partial charge in [-0.15, -0.1) is 0 Å². The second-order valence-electron chi connectivity index (χ2n) is 6.15. The molecule has 0 saturated carbocycles. The Hall–Kier alpha value is -2.78. The highest BCUT2D eigenvalue weighted by Gasteiger charge is 2.06. The summed E-state index contributed by atoms with van der Waals surface area (Å²) in [6.45, 7) is 0. The number of hydrogen-bond donors (Lipinski definition) is 1. The molecule has 0 fully saturated rings. The Morgan fingerprint density at radius 3 is 1.56 bits per heavy atom. The molecule has 162 valence electrons. The molecule has 0 unspecified atom stereocenters. The van der Waals surface area contributed by atoms with Gasteiger partial charge in [-0.2, -0.15) is 0 Å². The van der Waals surface area contributed by atoms with Crippen molar-refractivity contribution < 1.29 is 4.92 Å². The number of anilines is 1. The molecule has 0 saturated heterocycles. The summed E-state index contributed by atoms with van der Waals surface area (Å²) < 4.78 is 0. The lowest BCUT2D eigenvalue weighted by Gasteiger charge is -2.00. The first kappa shape index (κ1) is 23.9. The van der Waals surface area contributed by atoms with E-state index in [2.05, 4.69) is 9.97 Å². The van der Waals surface area contributed by atoms with Gasteiger partial charge in [-0.05, 0) is 66.7 Å². The van der Waals surface area contributed by atoms with Crippen LogP contribution in [0.15, 0.2) is 105 Å².